The fourth-order valence-electron chi connectivity index (χ4n) is 0.952. The Kier molecular flexibility index (Phi) is 4.72. The van der Waals surface area contributed by atoms with Gasteiger partial charge in [0.25, 0.3) is 0 Å². The molecule has 1 N–H and O–H groups in total. The molecule has 0 amide bonds. The van der Waals surface area contributed by atoms with Crippen LogP contribution in [0.15, 0.2) is 18.2 Å². The number of aliphatic hydroxyl groups is 1. The van der Waals surface area contributed by atoms with Gasteiger partial charge in [-0.2, -0.15) is 0 Å². The number of alkyl halides is 1. The molecule has 0 heterocycles. The summed E-state index contributed by atoms with van der Waals surface area (Å²) in [7, 11) is 0. The van der Waals surface area contributed by atoms with Gasteiger partial charge in [-0.05, 0) is 24.6 Å². The first kappa shape index (κ1) is 11.8. The van der Waals surface area contributed by atoms with E-state index in [2.05, 4.69) is 15.9 Å². The number of halogens is 2. The number of hydrogen-bond acceptors (Lipinski definition) is 2. The summed E-state index contributed by atoms with van der Waals surface area (Å²) in [5.41, 5.74) is 1.08. The molecule has 0 aliphatic carbocycles. The normalized spacial score (nSPS) is 12.6. The van der Waals surface area contributed by atoms with E-state index in [0.29, 0.717) is 16.1 Å². The van der Waals surface area contributed by atoms with Gasteiger partial charge in [0.2, 0.25) is 0 Å². The van der Waals surface area contributed by atoms with E-state index in [0.717, 1.165) is 5.56 Å². The van der Waals surface area contributed by atoms with Gasteiger partial charge in [-0.15, -0.1) is 0 Å². The van der Waals surface area contributed by atoms with Crippen LogP contribution in [0.5, 0.6) is 5.75 Å². The largest absolute Gasteiger partial charge is 0.489 e. The van der Waals surface area contributed by atoms with Crippen LogP contribution < -0.4 is 4.74 Å². The monoisotopic (exact) mass is 278 g/mol. The zero-order chi connectivity index (χ0) is 10.6. The summed E-state index contributed by atoms with van der Waals surface area (Å²) in [5, 5.41) is 10.3. The third-order valence-corrected chi connectivity index (χ3v) is 2.76. The predicted octanol–water partition coefficient (Wildman–Crippen LogP) is 2.78. The lowest BCUT2D eigenvalue weighted by atomic mass is 10.2. The highest BCUT2D eigenvalue weighted by Gasteiger charge is 2.05. The van der Waals surface area contributed by atoms with Crippen molar-refractivity contribution in [1.82, 2.24) is 0 Å². The summed E-state index contributed by atoms with van der Waals surface area (Å²) >= 11 is 9.06. The minimum atomic E-state index is -0.508. The van der Waals surface area contributed by atoms with Crippen LogP contribution in [0.4, 0.5) is 0 Å². The topological polar surface area (TPSA) is 29.5 Å². The number of rotatable bonds is 4. The second-order valence-electron chi connectivity index (χ2n) is 3.05. The maximum atomic E-state index is 9.26. The first-order chi connectivity index (χ1) is 6.63. The Hall–Kier alpha value is -0.250. The molecular formula is C10H12BrClO2. The van der Waals surface area contributed by atoms with E-state index in [1.54, 1.807) is 6.07 Å². The van der Waals surface area contributed by atoms with Crippen molar-refractivity contribution in [3.05, 3.63) is 28.8 Å². The van der Waals surface area contributed by atoms with Crippen LogP contribution in [0.25, 0.3) is 0 Å². The highest BCUT2D eigenvalue weighted by atomic mass is 79.9. The second kappa shape index (κ2) is 5.59. The average Bonchev–Trinajstić information content (AvgIpc) is 2.19. The van der Waals surface area contributed by atoms with Gasteiger partial charge in [0, 0.05) is 5.33 Å². The molecule has 0 spiro atoms. The van der Waals surface area contributed by atoms with E-state index < -0.39 is 6.10 Å². The Labute approximate surface area is 97.0 Å². The summed E-state index contributed by atoms with van der Waals surface area (Å²) in [6.45, 7) is 2.21. The van der Waals surface area contributed by atoms with Gasteiger partial charge in [0.05, 0.1) is 11.1 Å². The summed E-state index contributed by atoms with van der Waals surface area (Å²) in [6.07, 6.45) is -0.508. The van der Waals surface area contributed by atoms with Crippen LogP contribution in [-0.4, -0.2) is 23.1 Å². The maximum Gasteiger partial charge on any atom is 0.138 e. The average molecular weight is 280 g/mol. The van der Waals surface area contributed by atoms with Gasteiger partial charge in [-0.3, -0.25) is 0 Å². The molecule has 0 radical (unpaired) electrons. The number of ether oxygens (including phenoxy) is 1. The minimum Gasteiger partial charge on any atom is -0.489 e. The molecule has 14 heavy (non-hydrogen) atoms. The molecule has 78 valence electrons. The summed E-state index contributed by atoms with van der Waals surface area (Å²) in [5.74, 6) is 0.617. The molecule has 1 aromatic carbocycles. The Morgan fingerprint density at radius 2 is 2.29 bits per heavy atom. The van der Waals surface area contributed by atoms with E-state index >= 15 is 0 Å². The molecule has 1 atom stereocenters. The highest BCUT2D eigenvalue weighted by Crippen LogP contribution is 2.25. The first-order valence-electron chi connectivity index (χ1n) is 4.26. The molecule has 0 aliphatic heterocycles. The van der Waals surface area contributed by atoms with Crippen molar-refractivity contribution in [2.45, 2.75) is 13.0 Å². The van der Waals surface area contributed by atoms with Gasteiger partial charge >= 0.3 is 0 Å². The Morgan fingerprint density at radius 1 is 1.57 bits per heavy atom. The lowest BCUT2D eigenvalue weighted by Crippen LogP contribution is -2.18. The molecule has 0 fully saturated rings. The van der Waals surface area contributed by atoms with E-state index in [-0.39, 0.29) is 6.61 Å². The van der Waals surface area contributed by atoms with Crippen molar-refractivity contribution >= 4 is 27.5 Å². The lowest BCUT2D eigenvalue weighted by molar-refractivity contribution is 0.127. The molecule has 1 unspecified atom stereocenters. The van der Waals surface area contributed by atoms with E-state index in [4.69, 9.17) is 16.3 Å². The molecule has 0 aromatic heterocycles. The smallest absolute Gasteiger partial charge is 0.138 e. The Balaban J connectivity index is 2.62. The van der Waals surface area contributed by atoms with Crippen LogP contribution in [0.1, 0.15) is 5.56 Å². The number of benzene rings is 1. The molecule has 1 rings (SSSR count). The van der Waals surface area contributed by atoms with Crippen molar-refractivity contribution < 1.29 is 9.84 Å². The zero-order valence-electron chi connectivity index (χ0n) is 7.84. The van der Waals surface area contributed by atoms with Gasteiger partial charge in [-0.25, -0.2) is 0 Å². The number of hydrogen-bond donors (Lipinski definition) is 1. The fourth-order valence-corrected chi connectivity index (χ4v) is 1.31. The summed E-state index contributed by atoms with van der Waals surface area (Å²) < 4.78 is 5.36. The molecule has 4 heteroatoms. The predicted molar refractivity (Wildman–Crippen MR) is 61.5 cm³/mol. The molecule has 0 bridgehead atoms. The summed E-state index contributed by atoms with van der Waals surface area (Å²) in [4.78, 5) is 0. The van der Waals surface area contributed by atoms with Crippen LogP contribution >= 0.6 is 27.5 Å². The quantitative estimate of drug-likeness (QED) is 0.859. The van der Waals surface area contributed by atoms with E-state index in [1.807, 2.05) is 19.1 Å². The fraction of sp³-hybridized carbons (Fsp3) is 0.400. The van der Waals surface area contributed by atoms with Crippen LogP contribution in [0, 0.1) is 6.92 Å². The summed E-state index contributed by atoms with van der Waals surface area (Å²) in [6, 6.07) is 5.55. The Bertz CT molecular complexity index is 304. The van der Waals surface area contributed by atoms with Crippen molar-refractivity contribution in [3.8, 4) is 5.75 Å². The van der Waals surface area contributed by atoms with Gasteiger partial charge < -0.3 is 9.84 Å². The molecule has 1 aromatic rings. The van der Waals surface area contributed by atoms with Crippen molar-refractivity contribution in [2.75, 3.05) is 11.9 Å². The van der Waals surface area contributed by atoms with Crippen molar-refractivity contribution in [2.24, 2.45) is 0 Å². The van der Waals surface area contributed by atoms with Gasteiger partial charge in [-0.1, -0.05) is 33.6 Å². The highest BCUT2D eigenvalue weighted by molar-refractivity contribution is 9.09. The molecular weight excluding hydrogens is 267 g/mol. The maximum absolute atomic E-state index is 9.26. The standard InChI is InChI=1S/C10H12BrClO2/c1-7-2-3-9(12)10(4-7)14-6-8(13)5-11/h2-4,8,13H,5-6H2,1H3. The lowest BCUT2D eigenvalue weighted by Gasteiger charge is -2.11. The van der Waals surface area contributed by atoms with Crippen molar-refractivity contribution in [3.63, 3.8) is 0 Å². The first-order valence-corrected chi connectivity index (χ1v) is 5.76. The molecule has 0 aliphatic rings. The van der Waals surface area contributed by atoms with Crippen LogP contribution in [0.2, 0.25) is 5.02 Å². The number of aryl methyl sites for hydroxylation is 1. The minimum absolute atomic E-state index is 0.244. The third kappa shape index (κ3) is 3.48. The van der Waals surface area contributed by atoms with E-state index in [1.165, 1.54) is 0 Å². The van der Waals surface area contributed by atoms with E-state index in [9.17, 15) is 5.11 Å². The molecule has 2 nitrogen and oxygen atoms in total. The van der Waals surface area contributed by atoms with Gasteiger partial charge in [0.15, 0.2) is 0 Å². The molecule has 0 saturated carbocycles. The third-order valence-electron chi connectivity index (χ3n) is 1.70. The SMILES string of the molecule is Cc1ccc(Cl)c(OCC(O)CBr)c1. The van der Waals surface area contributed by atoms with Gasteiger partial charge in [0.1, 0.15) is 12.4 Å². The van der Waals surface area contributed by atoms with Crippen molar-refractivity contribution in [1.29, 1.82) is 0 Å². The number of aliphatic hydroxyl groups excluding tert-OH is 1. The second-order valence-corrected chi connectivity index (χ2v) is 4.11. The van der Waals surface area contributed by atoms with Crippen LogP contribution in [0.3, 0.4) is 0 Å². The Morgan fingerprint density at radius 3 is 2.93 bits per heavy atom. The molecule has 0 saturated heterocycles. The van der Waals surface area contributed by atoms with Crippen LogP contribution in [-0.2, 0) is 0 Å². The zero-order valence-corrected chi connectivity index (χ0v) is 10.2.